The fraction of sp³-hybridized carbons (Fsp3) is 0.263. The lowest BCUT2D eigenvalue weighted by Crippen LogP contribution is -2.22. The van der Waals surface area contributed by atoms with Gasteiger partial charge in [0, 0.05) is 17.1 Å². The van der Waals surface area contributed by atoms with E-state index >= 15 is 0 Å². The summed E-state index contributed by atoms with van der Waals surface area (Å²) in [6.07, 6.45) is 1.71. The number of nitrogens with zero attached hydrogens (tertiary/aromatic N) is 1. The molecule has 2 heterocycles. The smallest absolute Gasteiger partial charge is 0.318 e. The SMILES string of the molecule is Cc1cc(/C=C2/NC(=O)NC2=O)c(C)n1-c1ccc(C(C)C)cc1. The van der Waals surface area contributed by atoms with Crippen molar-refractivity contribution in [1.29, 1.82) is 0 Å². The molecule has 1 aliphatic heterocycles. The molecule has 3 rings (SSSR count). The van der Waals surface area contributed by atoms with Crippen LogP contribution in [0.3, 0.4) is 0 Å². The number of aryl methyl sites for hydroxylation is 1. The molecule has 0 unspecified atom stereocenters. The molecule has 0 aliphatic carbocycles. The lowest BCUT2D eigenvalue weighted by Gasteiger charge is -2.12. The number of benzene rings is 1. The third-order valence-corrected chi connectivity index (χ3v) is 4.31. The predicted octanol–water partition coefficient (Wildman–Crippen LogP) is 3.40. The molecular weight excluding hydrogens is 302 g/mol. The number of carbonyl (C=O) groups excluding carboxylic acids is 2. The van der Waals surface area contributed by atoms with E-state index in [1.54, 1.807) is 6.08 Å². The van der Waals surface area contributed by atoms with E-state index in [1.165, 1.54) is 5.56 Å². The Balaban J connectivity index is 1.99. The van der Waals surface area contributed by atoms with E-state index in [1.807, 2.05) is 19.9 Å². The number of hydrogen-bond acceptors (Lipinski definition) is 2. The zero-order valence-corrected chi connectivity index (χ0v) is 14.3. The fourth-order valence-corrected chi connectivity index (χ4v) is 2.98. The van der Waals surface area contributed by atoms with Crippen molar-refractivity contribution in [2.45, 2.75) is 33.6 Å². The van der Waals surface area contributed by atoms with Crippen LogP contribution in [0.5, 0.6) is 0 Å². The zero-order chi connectivity index (χ0) is 17.4. The van der Waals surface area contributed by atoms with Gasteiger partial charge >= 0.3 is 6.03 Å². The molecule has 0 saturated carbocycles. The quantitative estimate of drug-likeness (QED) is 0.672. The maximum absolute atomic E-state index is 11.7. The Labute approximate surface area is 141 Å². The van der Waals surface area contributed by atoms with Gasteiger partial charge in [-0.05, 0) is 55.2 Å². The lowest BCUT2D eigenvalue weighted by atomic mass is 10.0. The first-order valence-corrected chi connectivity index (χ1v) is 8.00. The summed E-state index contributed by atoms with van der Waals surface area (Å²) in [5.41, 5.74) is 5.66. The van der Waals surface area contributed by atoms with Gasteiger partial charge in [-0.15, -0.1) is 0 Å². The number of imide groups is 1. The average Bonchev–Trinajstić information content (AvgIpc) is 2.98. The largest absolute Gasteiger partial charge is 0.326 e. The van der Waals surface area contributed by atoms with Gasteiger partial charge in [-0.3, -0.25) is 10.1 Å². The summed E-state index contributed by atoms with van der Waals surface area (Å²) in [4.78, 5) is 22.9. The van der Waals surface area contributed by atoms with Crippen LogP contribution in [-0.2, 0) is 4.79 Å². The summed E-state index contributed by atoms with van der Waals surface area (Å²) in [5.74, 6) is 0.0989. The van der Waals surface area contributed by atoms with Crippen LogP contribution in [0, 0.1) is 13.8 Å². The molecule has 5 nitrogen and oxygen atoms in total. The Hall–Kier alpha value is -2.82. The monoisotopic (exact) mass is 323 g/mol. The number of amides is 3. The van der Waals surface area contributed by atoms with Crippen molar-refractivity contribution in [3.05, 3.63) is 58.5 Å². The van der Waals surface area contributed by atoms with Crippen molar-refractivity contribution in [1.82, 2.24) is 15.2 Å². The Morgan fingerprint density at radius 2 is 1.71 bits per heavy atom. The minimum absolute atomic E-state index is 0.274. The van der Waals surface area contributed by atoms with Crippen molar-refractivity contribution in [2.24, 2.45) is 0 Å². The molecule has 2 N–H and O–H groups in total. The lowest BCUT2D eigenvalue weighted by molar-refractivity contribution is -0.115. The fourth-order valence-electron chi connectivity index (χ4n) is 2.98. The molecule has 5 heteroatoms. The number of rotatable bonds is 3. The minimum Gasteiger partial charge on any atom is -0.318 e. The second-order valence-electron chi connectivity index (χ2n) is 6.37. The van der Waals surface area contributed by atoms with Crippen molar-refractivity contribution < 1.29 is 9.59 Å². The number of carbonyl (C=O) groups is 2. The summed E-state index contributed by atoms with van der Waals surface area (Å²) in [7, 11) is 0. The molecule has 3 amide bonds. The van der Waals surface area contributed by atoms with E-state index in [0.717, 1.165) is 22.6 Å². The normalized spacial score (nSPS) is 16.0. The van der Waals surface area contributed by atoms with Crippen molar-refractivity contribution >= 4 is 18.0 Å². The van der Waals surface area contributed by atoms with E-state index in [2.05, 4.69) is 53.3 Å². The highest BCUT2D eigenvalue weighted by Gasteiger charge is 2.23. The van der Waals surface area contributed by atoms with Gasteiger partial charge in [-0.1, -0.05) is 26.0 Å². The molecule has 1 aromatic carbocycles. The number of hydrogen-bond donors (Lipinski definition) is 2. The Kier molecular flexibility index (Phi) is 4.01. The van der Waals surface area contributed by atoms with Crippen LogP contribution in [0.15, 0.2) is 36.0 Å². The number of nitrogens with one attached hydrogen (secondary N) is 2. The van der Waals surface area contributed by atoms with E-state index < -0.39 is 11.9 Å². The second-order valence-corrected chi connectivity index (χ2v) is 6.37. The van der Waals surface area contributed by atoms with Crippen LogP contribution in [-0.4, -0.2) is 16.5 Å². The van der Waals surface area contributed by atoms with Gasteiger partial charge in [0.05, 0.1) is 0 Å². The van der Waals surface area contributed by atoms with E-state index in [-0.39, 0.29) is 5.70 Å². The maximum atomic E-state index is 11.7. The highest BCUT2D eigenvalue weighted by molar-refractivity contribution is 6.14. The molecule has 0 spiro atoms. The van der Waals surface area contributed by atoms with Crippen LogP contribution < -0.4 is 10.6 Å². The third-order valence-electron chi connectivity index (χ3n) is 4.31. The molecule has 2 aromatic rings. The van der Waals surface area contributed by atoms with Crippen molar-refractivity contribution in [3.63, 3.8) is 0 Å². The Morgan fingerprint density at radius 1 is 1.04 bits per heavy atom. The van der Waals surface area contributed by atoms with Crippen LogP contribution in [0.4, 0.5) is 4.79 Å². The van der Waals surface area contributed by atoms with Crippen molar-refractivity contribution in [3.8, 4) is 5.69 Å². The molecule has 1 aromatic heterocycles. The Bertz CT molecular complexity index is 842. The highest BCUT2D eigenvalue weighted by Crippen LogP contribution is 2.24. The zero-order valence-electron chi connectivity index (χ0n) is 14.3. The maximum Gasteiger partial charge on any atom is 0.326 e. The summed E-state index contributed by atoms with van der Waals surface area (Å²) in [6, 6.07) is 10.0. The van der Waals surface area contributed by atoms with Gasteiger partial charge in [0.2, 0.25) is 0 Å². The molecule has 0 bridgehead atoms. The molecular formula is C19H21N3O2. The minimum atomic E-state index is -0.482. The van der Waals surface area contributed by atoms with Gasteiger partial charge in [0.15, 0.2) is 0 Å². The molecule has 124 valence electrons. The van der Waals surface area contributed by atoms with Crippen LogP contribution in [0.1, 0.15) is 42.3 Å². The van der Waals surface area contributed by atoms with Gasteiger partial charge in [0.1, 0.15) is 5.70 Å². The van der Waals surface area contributed by atoms with Crippen molar-refractivity contribution in [2.75, 3.05) is 0 Å². The first-order valence-electron chi connectivity index (χ1n) is 8.00. The Morgan fingerprint density at radius 3 is 2.25 bits per heavy atom. The molecule has 24 heavy (non-hydrogen) atoms. The molecule has 1 aliphatic rings. The van der Waals surface area contributed by atoms with Crippen LogP contribution >= 0.6 is 0 Å². The predicted molar refractivity (Wildman–Crippen MR) is 94.0 cm³/mol. The van der Waals surface area contributed by atoms with Crippen LogP contribution in [0.25, 0.3) is 11.8 Å². The molecule has 0 atom stereocenters. The van der Waals surface area contributed by atoms with Gasteiger partial charge in [0.25, 0.3) is 5.91 Å². The van der Waals surface area contributed by atoms with Gasteiger partial charge in [-0.2, -0.15) is 0 Å². The summed E-state index contributed by atoms with van der Waals surface area (Å²) >= 11 is 0. The first-order chi connectivity index (χ1) is 11.4. The molecule has 1 fully saturated rings. The average molecular weight is 323 g/mol. The highest BCUT2D eigenvalue weighted by atomic mass is 16.2. The number of urea groups is 1. The summed E-state index contributed by atoms with van der Waals surface area (Å²) < 4.78 is 2.14. The molecule has 0 radical (unpaired) electrons. The molecule has 1 saturated heterocycles. The second kappa shape index (κ2) is 6.00. The van der Waals surface area contributed by atoms with Gasteiger partial charge in [-0.25, -0.2) is 4.79 Å². The summed E-state index contributed by atoms with van der Waals surface area (Å²) in [5, 5.41) is 4.73. The number of aromatic nitrogens is 1. The topological polar surface area (TPSA) is 63.1 Å². The van der Waals surface area contributed by atoms with E-state index in [9.17, 15) is 9.59 Å². The standard InChI is InChI=1S/C19H21N3O2/c1-11(2)14-5-7-16(8-6-14)22-12(3)9-15(13(22)4)10-17-18(23)21-19(24)20-17/h5-11H,1-4H3,(H2,20,21,23,24)/b17-10+. The van der Waals surface area contributed by atoms with E-state index in [4.69, 9.17) is 0 Å². The third kappa shape index (κ3) is 2.85. The van der Waals surface area contributed by atoms with Gasteiger partial charge < -0.3 is 9.88 Å². The van der Waals surface area contributed by atoms with Crippen LogP contribution in [0.2, 0.25) is 0 Å². The first kappa shape index (κ1) is 16.1. The van der Waals surface area contributed by atoms with E-state index in [0.29, 0.717) is 5.92 Å². The summed E-state index contributed by atoms with van der Waals surface area (Å²) in [6.45, 7) is 8.38.